The first-order valence-electron chi connectivity index (χ1n) is 9.55. The van der Waals surface area contributed by atoms with Crippen molar-refractivity contribution in [1.29, 1.82) is 0 Å². The van der Waals surface area contributed by atoms with Gasteiger partial charge >= 0.3 is 0 Å². The van der Waals surface area contributed by atoms with Crippen LogP contribution in [0.2, 0.25) is 18.1 Å². The number of hydrogen-bond acceptors (Lipinski definition) is 3. The Morgan fingerprint density at radius 2 is 1.76 bits per heavy atom. The summed E-state index contributed by atoms with van der Waals surface area (Å²) >= 11 is 0. The SMILES string of the molecule is C[C@H](COCc1ccccc1)C[C@@H](O)CCCO[Si](C)(C)C(C)(C)C. The first-order chi connectivity index (χ1) is 11.6. The molecule has 0 saturated carbocycles. The van der Waals surface area contributed by atoms with Crippen LogP contribution in [-0.4, -0.2) is 32.7 Å². The third-order valence-corrected chi connectivity index (χ3v) is 9.68. The van der Waals surface area contributed by atoms with Crippen molar-refractivity contribution in [1.82, 2.24) is 0 Å². The Morgan fingerprint density at radius 3 is 2.36 bits per heavy atom. The molecule has 0 aliphatic carbocycles. The molecule has 1 aromatic rings. The van der Waals surface area contributed by atoms with E-state index in [1.165, 1.54) is 5.56 Å². The molecule has 0 heterocycles. The van der Waals surface area contributed by atoms with Gasteiger partial charge in [0.15, 0.2) is 8.32 Å². The highest BCUT2D eigenvalue weighted by molar-refractivity contribution is 6.74. The Hall–Kier alpha value is -0.683. The molecule has 0 bridgehead atoms. The van der Waals surface area contributed by atoms with Crippen molar-refractivity contribution in [3.8, 4) is 0 Å². The number of aliphatic hydroxyl groups is 1. The van der Waals surface area contributed by atoms with Gasteiger partial charge in [0.25, 0.3) is 0 Å². The Bertz CT molecular complexity index is 468. The van der Waals surface area contributed by atoms with E-state index in [1.807, 2.05) is 18.2 Å². The van der Waals surface area contributed by atoms with Crippen LogP contribution in [-0.2, 0) is 15.8 Å². The van der Waals surface area contributed by atoms with E-state index in [0.29, 0.717) is 19.1 Å². The molecule has 0 fully saturated rings. The molecule has 0 aromatic heterocycles. The predicted molar refractivity (Wildman–Crippen MR) is 108 cm³/mol. The third kappa shape index (κ3) is 9.00. The minimum atomic E-state index is -1.66. The summed E-state index contributed by atoms with van der Waals surface area (Å²) in [6.45, 7) is 15.5. The van der Waals surface area contributed by atoms with Crippen molar-refractivity contribution in [2.75, 3.05) is 13.2 Å². The summed E-state index contributed by atoms with van der Waals surface area (Å²) < 4.78 is 11.9. The molecular weight excluding hydrogens is 328 g/mol. The average Bonchev–Trinajstić information content (AvgIpc) is 2.51. The molecule has 25 heavy (non-hydrogen) atoms. The van der Waals surface area contributed by atoms with Crippen molar-refractivity contribution >= 4 is 8.32 Å². The monoisotopic (exact) mass is 366 g/mol. The lowest BCUT2D eigenvalue weighted by atomic mass is 10.0. The van der Waals surface area contributed by atoms with Crippen molar-refractivity contribution in [2.24, 2.45) is 5.92 Å². The van der Waals surface area contributed by atoms with E-state index in [2.05, 4.69) is 52.9 Å². The zero-order valence-corrected chi connectivity index (χ0v) is 18.0. The van der Waals surface area contributed by atoms with Gasteiger partial charge < -0.3 is 14.3 Å². The normalized spacial score (nSPS) is 15.2. The molecule has 0 amide bonds. The quantitative estimate of drug-likeness (QED) is 0.421. The molecule has 0 aliphatic heterocycles. The van der Waals surface area contributed by atoms with Gasteiger partial charge in [0.2, 0.25) is 0 Å². The Labute approximate surface area is 155 Å². The minimum Gasteiger partial charge on any atom is -0.417 e. The van der Waals surface area contributed by atoms with Gasteiger partial charge in [-0.1, -0.05) is 58.0 Å². The summed E-state index contributed by atoms with van der Waals surface area (Å²) in [7, 11) is -1.66. The second kappa shape index (κ2) is 10.5. The maximum atomic E-state index is 10.2. The van der Waals surface area contributed by atoms with Crippen LogP contribution in [0.4, 0.5) is 0 Å². The van der Waals surface area contributed by atoms with E-state index in [1.54, 1.807) is 0 Å². The standard InChI is InChI=1S/C21H38O3Si/c1-18(16-23-17-19-11-8-7-9-12-19)15-20(22)13-10-14-24-25(5,6)21(2,3)4/h7-9,11-12,18,20,22H,10,13-17H2,1-6H3/t18-,20-/m0/s1. The summed E-state index contributed by atoms with van der Waals surface area (Å²) in [6, 6.07) is 10.2. The van der Waals surface area contributed by atoms with Crippen molar-refractivity contribution < 1.29 is 14.3 Å². The molecule has 1 rings (SSSR count). The molecule has 0 unspecified atom stereocenters. The lowest BCUT2D eigenvalue weighted by Gasteiger charge is -2.36. The number of aliphatic hydroxyl groups excluding tert-OH is 1. The van der Waals surface area contributed by atoms with Gasteiger partial charge in [-0.3, -0.25) is 0 Å². The van der Waals surface area contributed by atoms with E-state index in [0.717, 1.165) is 25.9 Å². The topological polar surface area (TPSA) is 38.7 Å². The molecule has 144 valence electrons. The number of ether oxygens (including phenoxy) is 1. The number of hydrogen-bond donors (Lipinski definition) is 1. The Kier molecular flexibility index (Phi) is 9.36. The second-order valence-electron chi connectivity index (χ2n) is 8.75. The molecular formula is C21H38O3Si. The van der Waals surface area contributed by atoms with Gasteiger partial charge in [0.1, 0.15) is 0 Å². The van der Waals surface area contributed by atoms with Gasteiger partial charge in [0.05, 0.1) is 12.7 Å². The van der Waals surface area contributed by atoms with E-state index in [-0.39, 0.29) is 11.1 Å². The Balaban J connectivity index is 2.14. The lowest BCUT2D eigenvalue weighted by Crippen LogP contribution is -2.41. The van der Waals surface area contributed by atoms with Gasteiger partial charge in [0, 0.05) is 13.2 Å². The lowest BCUT2D eigenvalue weighted by molar-refractivity contribution is 0.0608. The first-order valence-corrected chi connectivity index (χ1v) is 12.5. The molecule has 3 nitrogen and oxygen atoms in total. The Morgan fingerprint density at radius 1 is 1.12 bits per heavy atom. The molecule has 2 atom stereocenters. The van der Waals surface area contributed by atoms with Crippen molar-refractivity contribution in [3.05, 3.63) is 35.9 Å². The van der Waals surface area contributed by atoms with Crippen LogP contribution in [0, 0.1) is 5.92 Å². The molecule has 1 aromatic carbocycles. The fourth-order valence-electron chi connectivity index (χ4n) is 2.47. The maximum absolute atomic E-state index is 10.2. The third-order valence-electron chi connectivity index (χ3n) is 5.14. The largest absolute Gasteiger partial charge is 0.417 e. The highest BCUT2D eigenvalue weighted by atomic mass is 28.4. The number of benzene rings is 1. The van der Waals surface area contributed by atoms with Crippen LogP contribution in [0.3, 0.4) is 0 Å². The van der Waals surface area contributed by atoms with Crippen molar-refractivity contribution in [3.63, 3.8) is 0 Å². The van der Waals surface area contributed by atoms with Gasteiger partial charge in [-0.25, -0.2) is 0 Å². The molecule has 0 radical (unpaired) electrons. The zero-order valence-electron chi connectivity index (χ0n) is 17.0. The fourth-order valence-corrected chi connectivity index (χ4v) is 3.55. The zero-order chi connectivity index (χ0) is 18.9. The summed E-state index contributed by atoms with van der Waals surface area (Å²) in [6.07, 6.45) is 2.25. The van der Waals surface area contributed by atoms with E-state index in [9.17, 15) is 5.11 Å². The molecule has 0 saturated heterocycles. The first kappa shape index (κ1) is 22.4. The van der Waals surface area contributed by atoms with E-state index >= 15 is 0 Å². The molecule has 4 heteroatoms. The predicted octanol–water partition coefficient (Wildman–Crippen LogP) is 5.39. The fraction of sp³-hybridized carbons (Fsp3) is 0.714. The maximum Gasteiger partial charge on any atom is 0.191 e. The summed E-state index contributed by atoms with van der Waals surface area (Å²) in [5.41, 5.74) is 1.19. The smallest absolute Gasteiger partial charge is 0.191 e. The van der Waals surface area contributed by atoms with Crippen LogP contribution in [0.5, 0.6) is 0 Å². The van der Waals surface area contributed by atoms with Crippen LogP contribution in [0.15, 0.2) is 30.3 Å². The average molecular weight is 367 g/mol. The highest BCUT2D eigenvalue weighted by Crippen LogP contribution is 2.36. The van der Waals surface area contributed by atoms with Crippen LogP contribution < -0.4 is 0 Å². The highest BCUT2D eigenvalue weighted by Gasteiger charge is 2.36. The molecule has 0 aliphatic rings. The summed E-state index contributed by atoms with van der Waals surface area (Å²) in [5.74, 6) is 0.361. The van der Waals surface area contributed by atoms with Crippen LogP contribution in [0.1, 0.15) is 52.5 Å². The van der Waals surface area contributed by atoms with Gasteiger partial charge in [-0.2, -0.15) is 0 Å². The summed E-state index contributed by atoms with van der Waals surface area (Å²) in [5, 5.41) is 10.5. The molecule has 0 spiro atoms. The minimum absolute atomic E-state index is 0.246. The van der Waals surface area contributed by atoms with Crippen molar-refractivity contribution in [2.45, 2.75) is 77.8 Å². The van der Waals surface area contributed by atoms with Gasteiger partial charge in [-0.15, -0.1) is 0 Å². The van der Waals surface area contributed by atoms with Gasteiger partial charge in [-0.05, 0) is 48.9 Å². The van der Waals surface area contributed by atoms with Crippen LogP contribution in [0.25, 0.3) is 0 Å². The number of rotatable bonds is 11. The molecule has 1 N–H and O–H groups in total. The van der Waals surface area contributed by atoms with E-state index in [4.69, 9.17) is 9.16 Å². The van der Waals surface area contributed by atoms with E-state index < -0.39 is 8.32 Å². The summed E-state index contributed by atoms with van der Waals surface area (Å²) in [4.78, 5) is 0. The second-order valence-corrected chi connectivity index (χ2v) is 13.6. The van der Waals surface area contributed by atoms with Crippen LogP contribution >= 0.6 is 0 Å².